The number of rotatable bonds is 5. The largest absolute Gasteiger partial charge is 0.491 e. The summed E-state index contributed by atoms with van der Waals surface area (Å²) in [4.78, 5) is 28.2. The number of carbonyl (C=O) groups is 1. The summed E-state index contributed by atoms with van der Waals surface area (Å²) in [5.41, 5.74) is 5.23. The zero-order valence-electron chi connectivity index (χ0n) is 7.71. The Kier molecular flexibility index (Phi) is 4.96. The van der Waals surface area contributed by atoms with Crippen molar-refractivity contribution in [3.8, 4) is 0 Å². The fourth-order valence-electron chi connectivity index (χ4n) is 0.638. The molecule has 0 radical (unpaired) electrons. The quantitative estimate of drug-likeness (QED) is 0.325. The normalized spacial score (nSPS) is 11.1. The summed E-state index contributed by atoms with van der Waals surface area (Å²) in [5, 5.41) is 0.503. The molecule has 0 aliphatic rings. The van der Waals surface area contributed by atoms with Crippen LogP contribution >= 0.6 is 7.82 Å². The third-order valence-electron chi connectivity index (χ3n) is 1.13. The highest BCUT2D eigenvalue weighted by Gasteiger charge is 2.24. The van der Waals surface area contributed by atoms with Crippen LogP contribution in [0.5, 0.6) is 0 Å². The number of nitrogens with two attached hydrogens (primary N) is 1. The van der Waals surface area contributed by atoms with Crippen molar-refractivity contribution in [3.05, 3.63) is 12.2 Å². The van der Waals surface area contributed by atoms with Gasteiger partial charge in [0.25, 0.3) is 5.91 Å². The predicted molar refractivity (Wildman–Crippen MR) is 48.7 cm³/mol. The molecule has 14 heavy (non-hydrogen) atoms. The zero-order valence-corrected chi connectivity index (χ0v) is 8.61. The molecule has 0 aromatic rings. The molecule has 0 saturated heterocycles. The van der Waals surface area contributed by atoms with E-state index >= 15 is 0 Å². The molecular weight excluding hydrogens is 211 g/mol. The van der Waals surface area contributed by atoms with Crippen LogP contribution < -0.4 is 5.73 Å². The van der Waals surface area contributed by atoms with E-state index in [0.717, 1.165) is 0 Å². The van der Waals surface area contributed by atoms with E-state index in [-0.39, 0.29) is 18.7 Å². The van der Waals surface area contributed by atoms with Gasteiger partial charge in [0.05, 0.1) is 6.54 Å². The first kappa shape index (κ1) is 13.3. The Morgan fingerprint density at radius 1 is 1.64 bits per heavy atom. The van der Waals surface area contributed by atoms with Crippen molar-refractivity contribution in [2.45, 2.75) is 6.92 Å². The van der Waals surface area contributed by atoms with Gasteiger partial charge in [-0.15, -0.1) is 0 Å². The minimum atomic E-state index is -4.74. The van der Waals surface area contributed by atoms with Gasteiger partial charge in [-0.1, -0.05) is 6.58 Å². The lowest BCUT2D eigenvalue weighted by Gasteiger charge is -2.20. The molecule has 0 aromatic heterocycles. The summed E-state index contributed by atoms with van der Waals surface area (Å²) >= 11 is 0. The van der Waals surface area contributed by atoms with Crippen molar-refractivity contribution < 1.29 is 23.8 Å². The number of hydrogen-bond acceptors (Lipinski definition) is 4. The maximum atomic E-state index is 11.2. The molecule has 0 aliphatic heterocycles. The van der Waals surface area contributed by atoms with Gasteiger partial charge in [-0.25, -0.2) is 9.63 Å². The van der Waals surface area contributed by atoms with Gasteiger partial charge in [0, 0.05) is 12.1 Å². The van der Waals surface area contributed by atoms with Crippen LogP contribution in [-0.2, 0) is 14.0 Å². The summed E-state index contributed by atoms with van der Waals surface area (Å²) in [7, 11) is -4.74. The lowest BCUT2D eigenvalue weighted by molar-refractivity contribution is -0.156. The molecular formula is C6H13N2O5P. The zero-order chi connectivity index (χ0) is 11.4. The third-order valence-corrected chi connectivity index (χ3v) is 1.54. The Morgan fingerprint density at radius 3 is 2.43 bits per heavy atom. The van der Waals surface area contributed by atoms with Crippen molar-refractivity contribution in [1.82, 2.24) is 5.06 Å². The van der Waals surface area contributed by atoms with Crippen LogP contribution in [0.25, 0.3) is 0 Å². The van der Waals surface area contributed by atoms with Crippen molar-refractivity contribution in [2.75, 3.05) is 13.1 Å². The first-order chi connectivity index (χ1) is 6.28. The van der Waals surface area contributed by atoms with Gasteiger partial charge in [-0.2, -0.15) is 4.62 Å². The second-order valence-electron chi connectivity index (χ2n) is 2.55. The molecule has 0 heterocycles. The van der Waals surface area contributed by atoms with Crippen LogP contribution in [-0.4, -0.2) is 33.8 Å². The highest BCUT2D eigenvalue weighted by Crippen LogP contribution is 2.37. The smallest absolute Gasteiger partial charge is 0.329 e. The summed E-state index contributed by atoms with van der Waals surface area (Å²) in [6.45, 7) is 4.63. The van der Waals surface area contributed by atoms with E-state index in [0.29, 0.717) is 5.06 Å². The molecule has 0 saturated carbocycles. The van der Waals surface area contributed by atoms with Gasteiger partial charge in [-0.05, 0) is 6.92 Å². The summed E-state index contributed by atoms with van der Waals surface area (Å²) in [6, 6.07) is 0. The first-order valence-electron chi connectivity index (χ1n) is 3.70. The van der Waals surface area contributed by atoms with Gasteiger partial charge >= 0.3 is 7.82 Å². The summed E-state index contributed by atoms with van der Waals surface area (Å²) in [6.07, 6.45) is 0. The van der Waals surface area contributed by atoms with Crippen LogP contribution in [0.4, 0.5) is 0 Å². The molecule has 1 amide bonds. The fourth-order valence-corrected chi connectivity index (χ4v) is 1.05. The molecule has 0 aliphatic carbocycles. The topological polar surface area (TPSA) is 113 Å². The van der Waals surface area contributed by atoms with Crippen molar-refractivity contribution >= 4 is 13.7 Å². The maximum absolute atomic E-state index is 11.2. The van der Waals surface area contributed by atoms with Crippen LogP contribution in [0, 0.1) is 0 Å². The van der Waals surface area contributed by atoms with Gasteiger partial charge in [0.15, 0.2) is 0 Å². The second-order valence-corrected chi connectivity index (χ2v) is 3.69. The third kappa shape index (κ3) is 5.11. The monoisotopic (exact) mass is 224 g/mol. The predicted octanol–water partition coefficient (Wildman–Crippen LogP) is -0.626. The Hall–Kier alpha value is -0.720. The van der Waals surface area contributed by atoms with Crippen LogP contribution in [0.15, 0.2) is 12.2 Å². The fraction of sp³-hybridized carbons (Fsp3) is 0.500. The lowest BCUT2D eigenvalue weighted by atomic mass is 10.3. The highest BCUT2D eigenvalue weighted by atomic mass is 31.2. The Balaban J connectivity index is 4.52. The molecule has 82 valence electrons. The number of carbonyl (C=O) groups excluding carboxylic acids is 1. The highest BCUT2D eigenvalue weighted by molar-refractivity contribution is 7.46. The van der Waals surface area contributed by atoms with Crippen molar-refractivity contribution in [1.29, 1.82) is 0 Å². The molecule has 7 nitrogen and oxygen atoms in total. The number of phosphoric acid groups is 1. The number of hydrogen-bond donors (Lipinski definition) is 3. The molecule has 0 atom stereocenters. The lowest BCUT2D eigenvalue weighted by Crippen LogP contribution is -2.34. The minimum absolute atomic E-state index is 0.0268. The molecule has 0 bridgehead atoms. The molecule has 0 aromatic carbocycles. The standard InChI is InChI=1S/C6H13N2O5P/c1-5(2)6(9)8(4-3-7)13-14(10,11)12/h1,3-4,7H2,2H3,(H2,10,11,12). The molecule has 0 spiro atoms. The molecule has 0 unspecified atom stereocenters. The minimum Gasteiger partial charge on any atom is -0.329 e. The van der Waals surface area contributed by atoms with Gasteiger partial charge in [0.1, 0.15) is 0 Å². The van der Waals surface area contributed by atoms with E-state index in [2.05, 4.69) is 11.2 Å². The van der Waals surface area contributed by atoms with Crippen LogP contribution in [0.2, 0.25) is 0 Å². The van der Waals surface area contributed by atoms with E-state index in [9.17, 15) is 9.36 Å². The number of nitrogens with zero attached hydrogens (tertiary/aromatic N) is 1. The average molecular weight is 224 g/mol. The van der Waals surface area contributed by atoms with E-state index < -0.39 is 13.7 Å². The molecule has 0 fully saturated rings. The number of amides is 1. The van der Waals surface area contributed by atoms with Gasteiger partial charge in [0.2, 0.25) is 0 Å². The van der Waals surface area contributed by atoms with E-state index in [1.807, 2.05) is 0 Å². The first-order valence-corrected chi connectivity index (χ1v) is 5.23. The van der Waals surface area contributed by atoms with Crippen molar-refractivity contribution in [2.24, 2.45) is 5.73 Å². The van der Waals surface area contributed by atoms with Crippen molar-refractivity contribution in [3.63, 3.8) is 0 Å². The SMILES string of the molecule is C=C(C)C(=O)N(CCN)OP(=O)(O)O. The number of hydroxylamine groups is 2. The van der Waals surface area contributed by atoms with Gasteiger partial charge in [-0.3, -0.25) is 4.79 Å². The summed E-state index contributed by atoms with van der Waals surface area (Å²) < 4.78 is 14.6. The molecule has 8 heteroatoms. The average Bonchev–Trinajstić information content (AvgIpc) is 1.99. The van der Waals surface area contributed by atoms with Crippen LogP contribution in [0.3, 0.4) is 0 Å². The second kappa shape index (κ2) is 5.23. The maximum Gasteiger partial charge on any atom is 0.491 e. The van der Waals surface area contributed by atoms with Gasteiger partial charge < -0.3 is 15.5 Å². The molecule has 4 N–H and O–H groups in total. The molecule has 0 rings (SSSR count). The van der Waals surface area contributed by atoms with E-state index in [1.165, 1.54) is 6.92 Å². The Morgan fingerprint density at radius 2 is 2.14 bits per heavy atom. The van der Waals surface area contributed by atoms with E-state index in [4.69, 9.17) is 15.5 Å². The Bertz CT molecular complexity index is 273. The summed E-state index contributed by atoms with van der Waals surface area (Å²) in [5.74, 6) is -0.709. The van der Waals surface area contributed by atoms with Crippen LogP contribution in [0.1, 0.15) is 6.92 Å². The Labute approximate surface area is 81.3 Å². The van der Waals surface area contributed by atoms with E-state index in [1.54, 1.807) is 0 Å².